The smallest absolute Gasteiger partial charge is 0.210 e. The van der Waals surface area contributed by atoms with Crippen LogP contribution in [0.2, 0.25) is 10.0 Å². The van der Waals surface area contributed by atoms with Gasteiger partial charge in [-0.05, 0) is 30.4 Å². The van der Waals surface area contributed by atoms with Crippen LogP contribution in [-0.4, -0.2) is 20.3 Å². The minimum atomic E-state index is -3.70. The summed E-state index contributed by atoms with van der Waals surface area (Å²) in [7, 11) is -3.70. The van der Waals surface area contributed by atoms with Crippen molar-refractivity contribution in [2.45, 2.75) is 17.7 Å². The molecule has 0 spiro atoms. The predicted molar refractivity (Wildman–Crippen MR) is 84.8 cm³/mol. The van der Waals surface area contributed by atoms with Crippen molar-refractivity contribution in [3.63, 3.8) is 0 Å². The first kappa shape index (κ1) is 16.0. The van der Waals surface area contributed by atoms with Crippen LogP contribution in [0.25, 0.3) is 0 Å². The highest BCUT2D eigenvalue weighted by Gasteiger charge is 2.42. The van der Waals surface area contributed by atoms with E-state index in [1.807, 2.05) is 0 Å². The lowest BCUT2D eigenvalue weighted by Gasteiger charge is -2.14. The number of nitrogens with one attached hydrogen (secondary N) is 1. The molecule has 0 atom stereocenters. The Morgan fingerprint density at radius 3 is 2.21 bits per heavy atom. The molecule has 1 fully saturated rings. The second kappa shape index (κ2) is 5.81. The molecule has 1 N–H and O–H groups in total. The highest BCUT2D eigenvalue weighted by Crippen LogP contribution is 2.46. The third-order valence-corrected chi connectivity index (χ3v) is 7.08. The largest absolute Gasteiger partial charge is 0.243 e. The van der Waals surface area contributed by atoms with Crippen LogP contribution in [0.3, 0.4) is 0 Å². The van der Waals surface area contributed by atoms with Crippen LogP contribution < -0.4 is 4.72 Å². The second-order valence-electron chi connectivity index (χ2n) is 4.66. The van der Waals surface area contributed by atoms with Gasteiger partial charge >= 0.3 is 0 Å². The van der Waals surface area contributed by atoms with Crippen molar-refractivity contribution < 1.29 is 8.42 Å². The molecule has 0 saturated heterocycles. The Morgan fingerprint density at radius 2 is 1.79 bits per heavy atom. The Kier molecular flexibility index (Phi) is 4.91. The Hall–Kier alpha value is 0.670. The van der Waals surface area contributed by atoms with Gasteiger partial charge in [-0.2, -0.15) is 0 Å². The van der Waals surface area contributed by atoms with Crippen LogP contribution in [0.15, 0.2) is 21.5 Å². The molecule has 3 nitrogen and oxygen atoms in total. The van der Waals surface area contributed by atoms with Crippen molar-refractivity contribution >= 4 is 65.1 Å². The average molecular weight is 452 g/mol. The summed E-state index contributed by atoms with van der Waals surface area (Å²) in [5.41, 5.74) is 0.0430. The number of rotatable bonds is 5. The summed E-state index contributed by atoms with van der Waals surface area (Å²) in [6.45, 7) is 0.392. The maximum atomic E-state index is 12.3. The van der Waals surface area contributed by atoms with E-state index < -0.39 is 10.0 Å². The van der Waals surface area contributed by atoms with E-state index in [1.54, 1.807) is 0 Å². The van der Waals surface area contributed by atoms with Gasteiger partial charge in [0.15, 0.2) is 0 Å². The minimum Gasteiger partial charge on any atom is -0.210 e. The number of hydrogen-bond acceptors (Lipinski definition) is 2. The van der Waals surface area contributed by atoms with E-state index in [4.69, 9.17) is 23.2 Å². The van der Waals surface area contributed by atoms with E-state index in [0.29, 0.717) is 11.0 Å². The molecule has 2 rings (SSSR count). The number of hydrogen-bond donors (Lipinski definition) is 1. The normalized spacial score (nSPS) is 17.5. The van der Waals surface area contributed by atoms with Crippen LogP contribution in [0, 0.1) is 5.41 Å². The molecular formula is C11H11Br2Cl2NO2S. The van der Waals surface area contributed by atoms with E-state index in [-0.39, 0.29) is 20.4 Å². The quantitative estimate of drug-likeness (QED) is 0.681. The number of benzene rings is 1. The van der Waals surface area contributed by atoms with Gasteiger partial charge in [0, 0.05) is 16.3 Å². The molecule has 19 heavy (non-hydrogen) atoms. The molecule has 106 valence electrons. The number of halogens is 4. The Labute approximate surface area is 139 Å². The molecule has 1 aliphatic rings. The van der Waals surface area contributed by atoms with Crippen LogP contribution in [0.5, 0.6) is 0 Å². The molecule has 0 aliphatic heterocycles. The van der Waals surface area contributed by atoms with Crippen LogP contribution >= 0.6 is 55.1 Å². The van der Waals surface area contributed by atoms with Crippen LogP contribution in [0.4, 0.5) is 0 Å². The molecule has 0 radical (unpaired) electrons. The molecule has 1 aromatic rings. The first-order valence-electron chi connectivity index (χ1n) is 5.50. The van der Waals surface area contributed by atoms with Gasteiger partial charge < -0.3 is 0 Å². The molecule has 0 aromatic heterocycles. The molecule has 1 aromatic carbocycles. The summed E-state index contributed by atoms with van der Waals surface area (Å²) in [4.78, 5) is -0.0654. The molecule has 0 amide bonds. The first-order chi connectivity index (χ1) is 8.80. The standard InChI is InChI=1S/C11H11Br2Cl2NO2S/c12-5-11(1-2-11)6-16-19(17,18)10-8(14)3-7(13)4-9(10)15/h3-4,16H,1-2,5-6H2. The Balaban J connectivity index is 2.25. The van der Waals surface area contributed by atoms with E-state index in [9.17, 15) is 8.42 Å². The van der Waals surface area contributed by atoms with Gasteiger partial charge in [0.1, 0.15) is 4.90 Å². The summed E-state index contributed by atoms with van der Waals surface area (Å²) in [6, 6.07) is 3.03. The van der Waals surface area contributed by atoms with Crippen molar-refractivity contribution in [1.82, 2.24) is 4.72 Å². The van der Waals surface area contributed by atoms with Crippen molar-refractivity contribution in [2.75, 3.05) is 11.9 Å². The van der Waals surface area contributed by atoms with Gasteiger partial charge in [-0.15, -0.1) is 0 Å². The molecule has 0 heterocycles. The topological polar surface area (TPSA) is 46.2 Å². The maximum absolute atomic E-state index is 12.3. The van der Waals surface area contributed by atoms with Crippen molar-refractivity contribution in [3.8, 4) is 0 Å². The van der Waals surface area contributed by atoms with Crippen LogP contribution in [0.1, 0.15) is 12.8 Å². The third kappa shape index (κ3) is 3.66. The lowest BCUT2D eigenvalue weighted by Crippen LogP contribution is -2.31. The fourth-order valence-corrected chi connectivity index (χ4v) is 5.49. The molecular weight excluding hydrogens is 441 g/mol. The van der Waals surface area contributed by atoms with Crippen molar-refractivity contribution in [2.24, 2.45) is 5.41 Å². The molecule has 1 saturated carbocycles. The van der Waals surface area contributed by atoms with Gasteiger partial charge in [-0.25, -0.2) is 13.1 Å². The Morgan fingerprint density at radius 1 is 1.26 bits per heavy atom. The number of sulfonamides is 1. The highest BCUT2D eigenvalue weighted by molar-refractivity contribution is 9.10. The van der Waals surface area contributed by atoms with E-state index in [0.717, 1.165) is 18.2 Å². The Bertz CT molecular complexity index is 580. The van der Waals surface area contributed by atoms with Gasteiger partial charge in [-0.1, -0.05) is 55.1 Å². The average Bonchev–Trinajstić information content (AvgIpc) is 3.05. The van der Waals surface area contributed by atoms with Crippen LogP contribution in [-0.2, 0) is 10.0 Å². The zero-order valence-corrected chi connectivity index (χ0v) is 15.2. The van der Waals surface area contributed by atoms with E-state index in [1.165, 1.54) is 12.1 Å². The SMILES string of the molecule is O=S(=O)(NCC1(CBr)CC1)c1c(Cl)cc(Br)cc1Cl. The van der Waals surface area contributed by atoms with Gasteiger partial charge in [0.05, 0.1) is 10.0 Å². The molecule has 0 unspecified atom stereocenters. The van der Waals surface area contributed by atoms with Gasteiger partial charge in [-0.3, -0.25) is 0 Å². The highest BCUT2D eigenvalue weighted by atomic mass is 79.9. The summed E-state index contributed by atoms with van der Waals surface area (Å²) in [5, 5.41) is 0.996. The van der Waals surface area contributed by atoms with Gasteiger partial charge in [0.2, 0.25) is 10.0 Å². The molecule has 1 aliphatic carbocycles. The molecule has 8 heteroatoms. The zero-order chi connectivity index (χ0) is 14.3. The lowest BCUT2D eigenvalue weighted by atomic mass is 10.1. The summed E-state index contributed by atoms with van der Waals surface area (Å²) >= 11 is 18.6. The maximum Gasteiger partial charge on any atom is 0.243 e. The second-order valence-corrected chi connectivity index (χ2v) is 8.65. The van der Waals surface area contributed by atoms with Crippen molar-refractivity contribution in [1.29, 1.82) is 0 Å². The summed E-state index contributed by atoms with van der Waals surface area (Å²) in [5.74, 6) is 0. The minimum absolute atomic E-state index is 0.0430. The fourth-order valence-electron chi connectivity index (χ4n) is 1.64. The van der Waals surface area contributed by atoms with Gasteiger partial charge in [0.25, 0.3) is 0 Å². The first-order valence-corrected chi connectivity index (χ1v) is 9.65. The zero-order valence-electron chi connectivity index (χ0n) is 9.72. The lowest BCUT2D eigenvalue weighted by molar-refractivity contribution is 0.538. The fraction of sp³-hybridized carbons (Fsp3) is 0.455. The van der Waals surface area contributed by atoms with E-state index >= 15 is 0 Å². The van der Waals surface area contributed by atoms with E-state index in [2.05, 4.69) is 36.6 Å². The predicted octanol–water partition coefficient (Wildman–Crippen LogP) is 4.21. The summed E-state index contributed by atoms with van der Waals surface area (Å²) in [6.07, 6.45) is 2.03. The number of alkyl halides is 1. The van der Waals surface area contributed by atoms with Crippen molar-refractivity contribution in [3.05, 3.63) is 26.7 Å². The molecule has 0 bridgehead atoms. The monoisotopic (exact) mass is 449 g/mol. The third-order valence-electron chi connectivity index (χ3n) is 3.11. The summed E-state index contributed by atoms with van der Waals surface area (Å²) < 4.78 is 27.8.